The van der Waals surface area contributed by atoms with Crippen LogP contribution in [0, 0.1) is 11.8 Å². The summed E-state index contributed by atoms with van der Waals surface area (Å²) in [7, 11) is -2.31. The molecule has 2 fully saturated rings. The molecular weight excluding hydrogens is 274 g/mol. The van der Waals surface area contributed by atoms with Crippen LogP contribution in [-0.2, 0) is 0 Å². The van der Waals surface area contributed by atoms with Gasteiger partial charge in [-0.2, -0.15) is 26.3 Å². The van der Waals surface area contributed by atoms with Crippen LogP contribution in [-0.4, -0.2) is 20.4 Å². The lowest BCUT2D eigenvalue weighted by atomic mass is 9.95. The minimum Gasteiger partial charge on any atom is -0.171 e. The van der Waals surface area contributed by atoms with Gasteiger partial charge in [0.1, 0.15) is 0 Å². The van der Waals surface area contributed by atoms with E-state index >= 15 is 0 Å². The van der Waals surface area contributed by atoms with E-state index in [-0.39, 0.29) is 12.1 Å². The van der Waals surface area contributed by atoms with Gasteiger partial charge in [-0.15, -0.1) is 0 Å². The Kier molecular flexibility index (Phi) is 3.49. The van der Waals surface area contributed by atoms with Crippen molar-refractivity contribution >= 4 is 8.07 Å². The van der Waals surface area contributed by atoms with Crippen LogP contribution in [0.5, 0.6) is 0 Å². The van der Waals surface area contributed by atoms with Crippen molar-refractivity contribution in [3.05, 3.63) is 0 Å². The summed E-state index contributed by atoms with van der Waals surface area (Å²) >= 11 is 0. The fraction of sp³-hybridized carbons (Fsp3) is 1.00. The highest BCUT2D eigenvalue weighted by atomic mass is 28.3. The highest BCUT2D eigenvalue weighted by molar-refractivity contribution is 6.80. The fourth-order valence-electron chi connectivity index (χ4n) is 3.70. The molecule has 2 aliphatic heterocycles. The first kappa shape index (κ1) is 14.2. The van der Waals surface area contributed by atoms with E-state index in [1.165, 1.54) is 0 Å². The molecule has 2 heterocycles. The van der Waals surface area contributed by atoms with E-state index < -0.39 is 32.3 Å². The van der Waals surface area contributed by atoms with Crippen molar-refractivity contribution in [1.82, 2.24) is 0 Å². The van der Waals surface area contributed by atoms with E-state index in [9.17, 15) is 26.3 Å². The molecule has 0 bridgehead atoms. The number of hydrogen-bond acceptors (Lipinski definition) is 0. The molecule has 0 saturated carbocycles. The van der Waals surface area contributed by atoms with Crippen LogP contribution in [0.4, 0.5) is 26.3 Å². The van der Waals surface area contributed by atoms with Crippen LogP contribution in [0.3, 0.4) is 0 Å². The van der Waals surface area contributed by atoms with E-state index in [1.807, 2.05) is 0 Å². The van der Waals surface area contributed by atoms with Crippen molar-refractivity contribution in [1.29, 1.82) is 0 Å². The van der Waals surface area contributed by atoms with Gasteiger partial charge in [-0.25, -0.2) is 0 Å². The third-order valence-electron chi connectivity index (χ3n) is 4.55. The molecule has 18 heavy (non-hydrogen) atoms. The SMILES string of the molecule is FC(F)(F)C1C[Si]2(CCCCC2)CC1C(F)(F)F. The van der Waals surface area contributed by atoms with Crippen LogP contribution < -0.4 is 0 Å². The number of alkyl halides is 6. The lowest BCUT2D eigenvalue weighted by molar-refractivity contribution is -0.240. The average Bonchev–Trinajstić information content (AvgIpc) is 2.58. The maximum atomic E-state index is 12.8. The molecule has 0 N–H and O–H groups in total. The van der Waals surface area contributed by atoms with Gasteiger partial charge >= 0.3 is 12.4 Å². The first-order chi connectivity index (χ1) is 8.14. The normalized spacial score (nSPS) is 33.0. The van der Waals surface area contributed by atoms with Crippen molar-refractivity contribution in [2.24, 2.45) is 11.8 Å². The predicted molar refractivity (Wildman–Crippen MR) is 57.9 cm³/mol. The summed E-state index contributed by atoms with van der Waals surface area (Å²) in [4.78, 5) is 0. The Balaban J connectivity index is 2.23. The predicted octanol–water partition coefficient (Wildman–Crippen LogP) is 4.99. The van der Waals surface area contributed by atoms with Crippen molar-refractivity contribution in [2.45, 2.75) is 55.8 Å². The Bertz CT molecular complexity index is 278. The minimum atomic E-state index is -4.70. The van der Waals surface area contributed by atoms with Crippen molar-refractivity contribution in [3.8, 4) is 0 Å². The summed E-state index contributed by atoms with van der Waals surface area (Å²) in [6.45, 7) is 0. The zero-order valence-electron chi connectivity index (χ0n) is 9.87. The van der Waals surface area contributed by atoms with E-state index in [4.69, 9.17) is 0 Å². The molecule has 2 aliphatic rings. The molecule has 0 aliphatic carbocycles. The Labute approximate surface area is 103 Å². The van der Waals surface area contributed by atoms with E-state index in [2.05, 4.69) is 0 Å². The summed E-state index contributed by atoms with van der Waals surface area (Å²) in [6, 6.07) is 0.930. The maximum Gasteiger partial charge on any atom is 0.392 e. The van der Waals surface area contributed by atoms with Gasteiger partial charge in [0.05, 0.1) is 19.9 Å². The molecule has 0 amide bonds. The van der Waals surface area contributed by atoms with E-state index in [0.717, 1.165) is 19.3 Å². The second kappa shape index (κ2) is 4.42. The van der Waals surface area contributed by atoms with Crippen molar-refractivity contribution < 1.29 is 26.3 Å². The topological polar surface area (TPSA) is 0 Å². The fourth-order valence-corrected chi connectivity index (χ4v) is 9.83. The third kappa shape index (κ3) is 2.70. The lowest BCUT2D eigenvalue weighted by Crippen LogP contribution is -2.34. The molecule has 2 saturated heterocycles. The van der Waals surface area contributed by atoms with Crippen LogP contribution in [0.15, 0.2) is 0 Å². The molecule has 0 radical (unpaired) electrons. The van der Waals surface area contributed by atoms with Gasteiger partial charge in [-0.1, -0.05) is 31.4 Å². The van der Waals surface area contributed by atoms with Crippen LogP contribution in [0.25, 0.3) is 0 Å². The number of rotatable bonds is 0. The van der Waals surface area contributed by atoms with Gasteiger partial charge in [0.25, 0.3) is 0 Å². The van der Waals surface area contributed by atoms with E-state index in [1.54, 1.807) is 0 Å². The van der Waals surface area contributed by atoms with Gasteiger partial charge in [0.15, 0.2) is 0 Å². The smallest absolute Gasteiger partial charge is 0.171 e. The van der Waals surface area contributed by atoms with Crippen LogP contribution in [0.1, 0.15) is 19.3 Å². The Morgan fingerprint density at radius 2 is 1.06 bits per heavy atom. The summed E-state index contributed by atoms with van der Waals surface area (Å²) in [5.74, 6) is -4.27. The molecule has 1 spiro atoms. The number of halogens is 6. The standard InChI is InChI=1S/C11H16F6Si/c12-10(13,14)8-6-18(4-2-1-3-5-18)7-9(8)11(15,16)17/h8-9H,1-7H2. The molecule has 0 aromatic heterocycles. The first-order valence-electron chi connectivity index (χ1n) is 6.28. The van der Waals surface area contributed by atoms with Crippen molar-refractivity contribution in [2.75, 3.05) is 0 Å². The highest BCUT2D eigenvalue weighted by Gasteiger charge is 2.63. The Morgan fingerprint density at radius 1 is 0.667 bits per heavy atom. The molecule has 106 valence electrons. The second-order valence-electron chi connectivity index (χ2n) is 5.77. The molecule has 0 nitrogen and oxygen atoms in total. The number of hydrogen-bond donors (Lipinski definition) is 0. The largest absolute Gasteiger partial charge is 0.392 e. The maximum absolute atomic E-state index is 12.8. The first-order valence-corrected chi connectivity index (χ1v) is 9.10. The molecule has 0 aromatic carbocycles. The second-order valence-corrected chi connectivity index (χ2v) is 10.6. The summed E-state index contributed by atoms with van der Waals surface area (Å²) in [5, 5.41) is 0. The van der Waals surface area contributed by atoms with Gasteiger partial charge in [0, 0.05) is 0 Å². The monoisotopic (exact) mass is 290 g/mol. The van der Waals surface area contributed by atoms with Crippen LogP contribution >= 0.6 is 0 Å². The molecule has 2 rings (SSSR count). The van der Waals surface area contributed by atoms with Gasteiger partial charge in [-0.3, -0.25) is 0 Å². The van der Waals surface area contributed by atoms with Crippen LogP contribution in [0.2, 0.25) is 24.2 Å². The zero-order chi connectivity index (χ0) is 13.6. The molecule has 0 aromatic rings. The summed E-state index contributed by atoms with van der Waals surface area (Å²) in [6.07, 6.45) is -6.80. The molecule has 2 atom stereocenters. The average molecular weight is 290 g/mol. The van der Waals surface area contributed by atoms with Crippen molar-refractivity contribution in [3.63, 3.8) is 0 Å². The van der Waals surface area contributed by atoms with Gasteiger partial charge in [0.2, 0.25) is 0 Å². The Hall–Kier alpha value is -0.203. The zero-order valence-corrected chi connectivity index (χ0v) is 10.9. The lowest BCUT2D eigenvalue weighted by Gasteiger charge is -2.31. The quantitative estimate of drug-likeness (QED) is 0.435. The molecule has 7 heteroatoms. The summed E-state index contributed by atoms with van der Waals surface area (Å²) < 4.78 is 76.8. The Morgan fingerprint density at radius 3 is 1.39 bits per heavy atom. The molecular formula is C11H16F6Si. The highest BCUT2D eigenvalue weighted by Crippen LogP contribution is 2.57. The van der Waals surface area contributed by atoms with E-state index in [0.29, 0.717) is 12.1 Å². The van der Waals surface area contributed by atoms with Gasteiger partial charge in [-0.05, 0) is 12.1 Å². The third-order valence-corrected chi connectivity index (χ3v) is 9.99. The summed E-state index contributed by atoms with van der Waals surface area (Å²) in [5.41, 5.74) is 0. The molecule has 2 unspecified atom stereocenters. The minimum absolute atomic E-state index is 0.194. The van der Waals surface area contributed by atoms with Gasteiger partial charge < -0.3 is 0 Å².